The van der Waals surface area contributed by atoms with Crippen molar-refractivity contribution in [2.75, 3.05) is 25.6 Å². The second-order valence-electron chi connectivity index (χ2n) is 6.20. The SMILES string of the molecule is CCCCCc1nnc(NC(=O)[C@H]2CC(=O)N([C@H](C)COC)C2)s1. The van der Waals surface area contributed by atoms with Gasteiger partial charge in [-0.25, -0.2) is 0 Å². The molecule has 0 spiro atoms. The third kappa shape index (κ3) is 4.98. The molecule has 7 nitrogen and oxygen atoms in total. The average molecular weight is 354 g/mol. The minimum atomic E-state index is -0.343. The molecule has 8 heteroatoms. The van der Waals surface area contributed by atoms with Gasteiger partial charge < -0.3 is 15.0 Å². The molecule has 1 aliphatic rings. The molecule has 0 unspecified atom stereocenters. The molecule has 2 rings (SSSR count). The maximum absolute atomic E-state index is 12.4. The second-order valence-corrected chi connectivity index (χ2v) is 7.26. The lowest BCUT2D eigenvalue weighted by molar-refractivity contribution is -0.130. The van der Waals surface area contributed by atoms with E-state index in [1.165, 1.54) is 17.8 Å². The number of aryl methyl sites for hydroxylation is 1. The van der Waals surface area contributed by atoms with Crippen LogP contribution in [0.5, 0.6) is 0 Å². The predicted molar refractivity (Wildman–Crippen MR) is 92.9 cm³/mol. The fraction of sp³-hybridized carbons (Fsp3) is 0.750. The van der Waals surface area contributed by atoms with Gasteiger partial charge in [0, 0.05) is 26.5 Å². The normalized spacial score (nSPS) is 18.9. The summed E-state index contributed by atoms with van der Waals surface area (Å²) in [5.74, 6) is -0.506. The van der Waals surface area contributed by atoms with Gasteiger partial charge in [0.1, 0.15) is 5.01 Å². The van der Waals surface area contributed by atoms with Crippen molar-refractivity contribution in [3.05, 3.63) is 5.01 Å². The van der Waals surface area contributed by atoms with Gasteiger partial charge in [-0.3, -0.25) is 9.59 Å². The number of amides is 2. The van der Waals surface area contributed by atoms with E-state index in [2.05, 4.69) is 22.4 Å². The molecule has 24 heavy (non-hydrogen) atoms. The first-order chi connectivity index (χ1) is 11.5. The standard InChI is InChI=1S/C16H26N4O3S/c1-4-5-6-7-13-18-19-16(24-13)17-15(22)12-8-14(21)20(9-12)11(2)10-23-3/h11-12H,4-10H2,1-3H3,(H,17,19,22)/t11-,12+/m1/s1. The maximum atomic E-state index is 12.4. The molecule has 0 bridgehead atoms. The summed E-state index contributed by atoms with van der Waals surface area (Å²) >= 11 is 1.41. The summed E-state index contributed by atoms with van der Waals surface area (Å²) in [4.78, 5) is 26.2. The first-order valence-electron chi connectivity index (χ1n) is 8.46. The van der Waals surface area contributed by atoms with Crippen molar-refractivity contribution in [1.82, 2.24) is 15.1 Å². The van der Waals surface area contributed by atoms with Gasteiger partial charge in [0.15, 0.2) is 0 Å². The van der Waals surface area contributed by atoms with Crippen LogP contribution in [0.2, 0.25) is 0 Å². The van der Waals surface area contributed by atoms with E-state index in [0.29, 0.717) is 18.3 Å². The van der Waals surface area contributed by atoms with Gasteiger partial charge in [-0.15, -0.1) is 10.2 Å². The molecule has 2 amide bonds. The first kappa shape index (κ1) is 18.8. The molecule has 0 aliphatic carbocycles. The van der Waals surface area contributed by atoms with Crippen molar-refractivity contribution < 1.29 is 14.3 Å². The van der Waals surface area contributed by atoms with Crippen LogP contribution >= 0.6 is 11.3 Å². The molecule has 1 aromatic heterocycles. The fourth-order valence-electron chi connectivity index (χ4n) is 2.80. The summed E-state index contributed by atoms with van der Waals surface area (Å²) in [5.41, 5.74) is 0. The van der Waals surface area contributed by atoms with Gasteiger partial charge in [0.05, 0.1) is 18.6 Å². The average Bonchev–Trinajstić information content (AvgIpc) is 3.14. The lowest BCUT2D eigenvalue weighted by Crippen LogP contribution is -2.38. The van der Waals surface area contributed by atoms with Gasteiger partial charge in [-0.1, -0.05) is 31.1 Å². The van der Waals surface area contributed by atoms with E-state index in [1.807, 2.05) is 6.92 Å². The van der Waals surface area contributed by atoms with Crippen LogP contribution in [0, 0.1) is 5.92 Å². The molecular formula is C16H26N4O3S. The molecule has 2 atom stereocenters. The van der Waals surface area contributed by atoms with E-state index in [1.54, 1.807) is 12.0 Å². The summed E-state index contributed by atoms with van der Waals surface area (Å²) in [6, 6.07) is -0.0213. The predicted octanol–water partition coefficient (Wildman–Crippen LogP) is 2.09. The molecule has 1 aromatic rings. The van der Waals surface area contributed by atoms with Crippen molar-refractivity contribution in [3.8, 4) is 0 Å². The van der Waals surface area contributed by atoms with Crippen LogP contribution in [0.1, 0.15) is 44.5 Å². The number of carbonyl (C=O) groups is 2. The third-order valence-corrected chi connectivity index (χ3v) is 5.06. The van der Waals surface area contributed by atoms with Gasteiger partial charge in [0.25, 0.3) is 0 Å². The van der Waals surface area contributed by atoms with Gasteiger partial charge >= 0.3 is 0 Å². The minimum absolute atomic E-state index is 0.00258. The van der Waals surface area contributed by atoms with E-state index >= 15 is 0 Å². The number of ether oxygens (including phenoxy) is 1. The van der Waals surface area contributed by atoms with Crippen molar-refractivity contribution in [2.45, 2.75) is 52.0 Å². The Bertz CT molecular complexity index is 563. The Morgan fingerprint density at radius 3 is 2.96 bits per heavy atom. The molecule has 0 radical (unpaired) electrons. The van der Waals surface area contributed by atoms with E-state index in [0.717, 1.165) is 24.3 Å². The van der Waals surface area contributed by atoms with Gasteiger partial charge in [-0.2, -0.15) is 0 Å². The van der Waals surface area contributed by atoms with Crippen LogP contribution in [0.15, 0.2) is 0 Å². The number of nitrogens with one attached hydrogen (secondary N) is 1. The highest BCUT2D eigenvalue weighted by molar-refractivity contribution is 7.15. The molecule has 1 aliphatic heterocycles. The number of nitrogens with zero attached hydrogens (tertiary/aromatic N) is 3. The third-order valence-electron chi connectivity index (χ3n) is 4.16. The van der Waals surface area contributed by atoms with Crippen LogP contribution in [-0.2, 0) is 20.7 Å². The summed E-state index contributed by atoms with van der Waals surface area (Å²) in [6.45, 7) is 4.98. The van der Waals surface area contributed by atoms with Crippen molar-refractivity contribution in [2.24, 2.45) is 5.92 Å². The number of hydrogen-bond acceptors (Lipinski definition) is 6. The molecular weight excluding hydrogens is 328 g/mol. The maximum Gasteiger partial charge on any atom is 0.231 e. The summed E-state index contributed by atoms with van der Waals surface area (Å²) in [7, 11) is 1.61. The van der Waals surface area contributed by atoms with Crippen LogP contribution in [0.25, 0.3) is 0 Å². The topological polar surface area (TPSA) is 84.4 Å². The highest BCUT2D eigenvalue weighted by atomic mass is 32.1. The minimum Gasteiger partial charge on any atom is -0.383 e. The van der Waals surface area contributed by atoms with Crippen molar-refractivity contribution >= 4 is 28.3 Å². The number of aromatic nitrogens is 2. The van der Waals surface area contributed by atoms with Gasteiger partial charge in [-0.05, 0) is 13.3 Å². The number of anilines is 1. The quantitative estimate of drug-likeness (QED) is 0.687. The summed E-state index contributed by atoms with van der Waals surface area (Å²) in [5, 5.41) is 12.4. The van der Waals surface area contributed by atoms with E-state index in [-0.39, 0.29) is 30.2 Å². The Hall–Kier alpha value is -1.54. The summed E-state index contributed by atoms with van der Waals surface area (Å²) < 4.78 is 5.09. The monoisotopic (exact) mass is 354 g/mol. The fourth-order valence-corrected chi connectivity index (χ4v) is 3.59. The zero-order valence-corrected chi connectivity index (χ0v) is 15.4. The second kappa shape index (κ2) is 9.08. The van der Waals surface area contributed by atoms with E-state index < -0.39 is 0 Å². The van der Waals surface area contributed by atoms with Gasteiger partial charge in [0.2, 0.25) is 16.9 Å². The van der Waals surface area contributed by atoms with E-state index in [4.69, 9.17) is 4.74 Å². The Kier molecular flexibility index (Phi) is 7.11. The Balaban J connectivity index is 1.85. The highest BCUT2D eigenvalue weighted by Gasteiger charge is 2.36. The molecule has 1 fully saturated rings. The smallest absolute Gasteiger partial charge is 0.231 e. The number of likely N-dealkylation sites (tertiary alicyclic amines) is 1. The molecule has 2 heterocycles. The molecule has 1 saturated heterocycles. The zero-order valence-electron chi connectivity index (χ0n) is 14.6. The van der Waals surface area contributed by atoms with Crippen LogP contribution in [0.3, 0.4) is 0 Å². The van der Waals surface area contributed by atoms with Crippen molar-refractivity contribution in [3.63, 3.8) is 0 Å². The number of carbonyl (C=O) groups excluding carboxylic acids is 2. The molecule has 1 N–H and O–H groups in total. The molecule has 0 saturated carbocycles. The van der Waals surface area contributed by atoms with Crippen molar-refractivity contribution in [1.29, 1.82) is 0 Å². The summed E-state index contributed by atoms with van der Waals surface area (Å²) in [6.07, 6.45) is 4.55. The Labute approximate surface area is 146 Å². The molecule has 0 aromatic carbocycles. The molecule has 134 valence electrons. The number of unbranched alkanes of at least 4 members (excludes halogenated alkanes) is 2. The number of rotatable bonds is 9. The lowest BCUT2D eigenvalue weighted by Gasteiger charge is -2.23. The van der Waals surface area contributed by atoms with Crippen LogP contribution < -0.4 is 5.32 Å². The largest absolute Gasteiger partial charge is 0.383 e. The first-order valence-corrected chi connectivity index (χ1v) is 9.28. The lowest BCUT2D eigenvalue weighted by atomic mass is 10.1. The van der Waals surface area contributed by atoms with Crippen LogP contribution in [0.4, 0.5) is 5.13 Å². The van der Waals surface area contributed by atoms with Crippen LogP contribution in [-0.4, -0.2) is 53.2 Å². The zero-order chi connectivity index (χ0) is 17.5. The highest BCUT2D eigenvalue weighted by Crippen LogP contribution is 2.23. The number of methoxy groups -OCH3 is 1. The van der Waals surface area contributed by atoms with E-state index in [9.17, 15) is 9.59 Å². The Morgan fingerprint density at radius 1 is 1.46 bits per heavy atom. The number of hydrogen-bond donors (Lipinski definition) is 1. The Morgan fingerprint density at radius 2 is 2.25 bits per heavy atom.